The Kier molecular flexibility index (Phi) is 5.47. The van der Waals surface area contributed by atoms with E-state index in [9.17, 15) is 4.79 Å². The molecule has 0 aliphatic heterocycles. The summed E-state index contributed by atoms with van der Waals surface area (Å²) in [5, 5.41) is 16.9. The maximum Gasteiger partial charge on any atom is 0.238 e. The van der Waals surface area contributed by atoms with E-state index in [1.807, 2.05) is 67.1 Å². The molecule has 166 valence electrons. The van der Waals surface area contributed by atoms with E-state index < -0.39 is 5.25 Å². The van der Waals surface area contributed by atoms with Crippen LogP contribution in [0.2, 0.25) is 0 Å². The predicted octanol–water partition coefficient (Wildman–Crippen LogP) is 5.14. The van der Waals surface area contributed by atoms with Gasteiger partial charge in [0.25, 0.3) is 0 Å². The molecule has 5 rings (SSSR count). The third-order valence-electron chi connectivity index (χ3n) is 5.35. The quantitative estimate of drug-likeness (QED) is 0.342. The number of anilines is 1. The van der Waals surface area contributed by atoms with Gasteiger partial charge in [-0.2, -0.15) is 0 Å². The molecule has 9 heteroatoms. The Hall–Kier alpha value is -3.85. The minimum absolute atomic E-state index is 0.193. The van der Waals surface area contributed by atoms with Gasteiger partial charge in [0.05, 0.1) is 10.9 Å². The number of carbonyl (C=O) groups excluding carboxylic acids is 1. The van der Waals surface area contributed by atoms with E-state index >= 15 is 0 Å². The van der Waals surface area contributed by atoms with Gasteiger partial charge >= 0.3 is 0 Å². The topological polar surface area (TPSA) is 102 Å². The fraction of sp³-hybridized carbons (Fsp3) is 0.167. The van der Waals surface area contributed by atoms with Gasteiger partial charge in [-0.1, -0.05) is 53.3 Å². The molecular weight excluding hydrogens is 436 g/mol. The summed E-state index contributed by atoms with van der Waals surface area (Å²) >= 11 is 1.34. The number of aromatic amines is 1. The number of nitrogens with zero attached hydrogens (tertiary/aromatic N) is 4. The Morgan fingerprint density at radius 3 is 2.70 bits per heavy atom. The second-order valence-electron chi connectivity index (χ2n) is 7.75. The van der Waals surface area contributed by atoms with Crippen LogP contribution in [0.15, 0.2) is 70.5 Å². The van der Waals surface area contributed by atoms with E-state index in [0.717, 1.165) is 27.7 Å². The van der Waals surface area contributed by atoms with Crippen LogP contribution < -0.4 is 5.32 Å². The average molecular weight is 459 g/mol. The minimum atomic E-state index is -0.440. The summed E-state index contributed by atoms with van der Waals surface area (Å²) in [5.74, 6) is 1.54. The average Bonchev–Trinajstić information content (AvgIpc) is 3.52. The molecule has 0 aliphatic rings. The molecule has 0 fully saturated rings. The normalized spacial score (nSPS) is 12.2. The van der Waals surface area contributed by atoms with Gasteiger partial charge in [-0.15, -0.1) is 10.2 Å². The van der Waals surface area contributed by atoms with Crippen molar-refractivity contribution in [2.45, 2.75) is 31.2 Å². The highest BCUT2D eigenvalue weighted by Gasteiger charge is 2.24. The Labute approximate surface area is 194 Å². The second kappa shape index (κ2) is 8.59. The zero-order chi connectivity index (χ0) is 22.9. The SMILES string of the molecule is Cc1cc(NC(=O)C(C)Sc2nnc(-c3c[nH]c4ccccc34)n2-c2ccccc2C)no1. The Morgan fingerprint density at radius 1 is 1.12 bits per heavy atom. The predicted molar refractivity (Wildman–Crippen MR) is 129 cm³/mol. The van der Waals surface area contributed by atoms with E-state index in [0.29, 0.717) is 22.6 Å². The molecular formula is C24H22N6O2S. The number of thioether (sulfide) groups is 1. The molecule has 1 amide bonds. The van der Waals surface area contributed by atoms with E-state index in [2.05, 4.69) is 31.7 Å². The molecule has 0 bridgehead atoms. The molecule has 2 aromatic carbocycles. The molecule has 0 saturated heterocycles. The molecule has 5 aromatic rings. The van der Waals surface area contributed by atoms with Gasteiger partial charge in [-0.25, -0.2) is 0 Å². The maximum atomic E-state index is 12.8. The molecule has 33 heavy (non-hydrogen) atoms. The van der Waals surface area contributed by atoms with Gasteiger partial charge < -0.3 is 14.8 Å². The number of hydrogen-bond donors (Lipinski definition) is 2. The lowest BCUT2D eigenvalue weighted by molar-refractivity contribution is -0.115. The molecule has 0 saturated carbocycles. The van der Waals surface area contributed by atoms with Crippen molar-refractivity contribution < 1.29 is 9.32 Å². The van der Waals surface area contributed by atoms with E-state index in [1.54, 1.807) is 13.0 Å². The van der Waals surface area contributed by atoms with Crippen molar-refractivity contribution in [3.63, 3.8) is 0 Å². The molecule has 0 radical (unpaired) electrons. The third kappa shape index (κ3) is 4.03. The number of amides is 1. The molecule has 1 unspecified atom stereocenters. The highest BCUT2D eigenvalue weighted by atomic mass is 32.2. The molecule has 3 aromatic heterocycles. The van der Waals surface area contributed by atoms with Crippen molar-refractivity contribution >= 4 is 34.4 Å². The largest absolute Gasteiger partial charge is 0.360 e. The first-order valence-corrected chi connectivity index (χ1v) is 11.4. The van der Waals surface area contributed by atoms with Crippen molar-refractivity contribution in [2.75, 3.05) is 5.32 Å². The Bertz CT molecular complexity index is 1450. The molecule has 2 N–H and O–H groups in total. The van der Waals surface area contributed by atoms with Crippen LogP contribution in [0.25, 0.3) is 28.0 Å². The number of H-pyrrole nitrogens is 1. The first-order chi connectivity index (χ1) is 16.0. The number of aryl methyl sites for hydroxylation is 2. The zero-order valence-corrected chi connectivity index (χ0v) is 19.2. The van der Waals surface area contributed by atoms with Crippen molar-refractivity contribution in [2.24, 2.45) is 0 Å². The third-order valence-corrected chi connectivity index (χ3v) is 6.39. The molecule has 0 aliphatic carbocycles. The van der Waals surface area contributed by atoms with E-state index in [-0.39, 0.29) is 5.91 Å². The molecule has 3 heterocycles. The number of nitrogens with one attached hydrogen (secondary N) is 2. The fourth-order valence-corrected chi connectivity index (χ4v) is 4.53. The molecule has 1 atom stereocenters. The van der Waals surface area contributed by atoms with Crippen molar-refractivity contribution in [1.82, 2.24) is 24.9 Å². The van der Waals surface area contributed by atoms with Gasteiger partial charge in [-0.3, -0.25) is 9.36 Å². The minimum Gasteiger partial charge on any atom is -0.360 e. The standard InChI is InChI=1S/C24H22N6O2S/c1-14-8-4-7-11-20(14)30-22(18-13-25-19-10-6-5-9-17(18)19)27-28-24(30)33-16(3)23(31)26-21-12-15(2)32-29-21/h4-13,16,25H,1-3H3,(H,26,29,31). The first kappa shape index (κ1) is 21.0. The maximum absolute atomic E-state index is 12.8. The number of aromatic nitrogens is 5. The lowest BCUT2D eigenvalue weighted by atomic mass is 10.1. The van der Waals surface area contributed by atoms with Crippen LogP contribution in [0, 0.1) is 13.8 Å². The van der Waals surface area contributed by atoms with Crippen molar-refractivity contribution in [3.8, 4) is 17.1 Å². The number of para-hydroxylation sites is 2. The van der Waals surface area contributed by atoms with Crippen LogP contribution >= 0.6 is 11.8 Å². The van der Waals surface area contributed by atoms with Crippen LogP contribution in [-0.2, 0) is 4.79 Å². The smallest absolute Gasteiger partial charge is 0.238 e. The highest BCUT2D eigenvalue weighted by molar-refractivity contribution is 8.00. The first-order valence-electron chi connectivity index (χ1n) is 10.5. The fourth-order valence-electron chi connectivity index (χ4n) is 3.67. The summed E-state index contributed by atoms with van der Waals surface area (Å²) < 4.78 is 7.05. The monoisotopic (exact) mass is 458 g/mol. The van der Waals surface area contributed by atoms with Gasteiger partial charge in [-0.05, 0) is 38.5 Å². The number of benzene rings is 2. The second-order valence-corrected chi connectivity index (χ2v) is 9.06. The Morgan fingerprint density at radius 2 is 1.91 bits per heavy atom. The number of rotatable bonds is 6. The van der Waals surface area contributed by atoms with Gasteiger partial charge in [0.1, 0.15) is 5.76 Å². The van der Waals surface area contributed by atoms with Crippen LogP contribution in [0.1, 0.15) is 18.2 Å². The van der Waals surface area contributed by atoms with Gasteiger partial charge in [0.2, 0.25) is 5.91 Å². The van der Waals surface area contributed by atoms with Crippen LogP contribution in [0.4, 0.5) is 5.82 Å². The zero-order valence-electron chi connectivity index (χ0n) is 18.4. The summed E-state index contributed by atoms with van der Waals surface area (Å²) in [6.07, 6.45) is 1.95. The van der Waals surface area contributed by atoms with Crippen molar-refractivity contribution in [3.05, 3.63) is 72.1 Å². The summed E-state index contributed by atoms with van der Waals surface area (Å²) in [4.78, 5) is 16.1. The lowest BCUT2D eigenvalue weighted by Crippen LogP contribution is -2.23. The number of hydrogen-bond acceptors (Lipinski definition) is 6. The molecule has 8 nitrogen and oxygen atoms in total. The van der Waals surface area contributed by atoms with Gasteiger partial charge in [0.15, 0.2) is 16.8 Å². The highest BCUT2D eigenvalue weighted by Crippen LogP contribution is 2.34. The summed E-state index contributed by atoms with van der Waals surface area (Å²) in [7, 11) is 0. The lowest BCUT2D eigenvalue weighted by Gasteiger charge is -2.14. The van der Waals surface area contributed by atoms with Crippen LogP contribution in [0.3, 0.4) is 0 Å². The summed E-state index contributed by atoms with van der Waals surface area (Å²) in [5.41, 5.74) is 4.01. The van der Waals surface area contributed by atoms with Crippen molar-refractivity contribution in [1.29, 1.82) is 0 Å². The Balaban J connectivity index is 1.54. The van der Waals surface area contributed by atoms with Gasteiger partial charge in [0, 0.05) is 28.7 Å². The number of fused-ring (bicyclic) bond motifs is 1. The summed E-state index contributed by atoms with van der Waals surface area (Å²) in [6, 6.07) is 17.8. The van der Waals surface area contributed by atoms with Crippen LogP contribution in [0.5, 0.6) is 0 Å². The van der Waals surface area contributed by atoms with E-state index in [1.165, 1.54) is 11.8 Å². The van der Waals surface area contributed by atoms with Crippen LogP contribution in [-0.4, -0.2) is 36.1 Å². The molecule has 0 spiro atoms. The number of carbonyl (C=O) groups is 1. The van der Waals surface area contributed by atoms with E-state index in [4.69, 9.17) is 4.52 Å². The summed E-state index contributed by atoms with van der Waals surface area (Å²) in [6.45, 7) is 5.65.